The lowest BCUT2D eigenvalue weighted by Crippen LogP contribution is -2.28. The van der Waals surface area contributed by atoms with Crippen molar-refractivity contribution < 1.29 is 4.74 Å². The van der Waals surface area contributed by atoms with Gasteiger partial charge in [0.2, 0.25) is 5.43 Å². The quantitative estimate of drug-likeness (QED) is 0.822. The van der Waals surface area contributed by atoms with E-state index in [0.717, 1.165) is 25.3 Å². The standard InChI is InChI=1S/C14H20N4O2/c1-3-17(7-8-18-6-4-5-16-18)11-12-9-13(19)14(20-2)10-15-12/h4-6,9-10H,3,7-8,11H2,1-2H3,(H,15,19). The molecule has 0 aliphatic rings. The molecule has 0 saturated heterocycles. The molecule has 0 saturated carbocycles. The molecule has 0 aliphatic heterocycles. The normalized spacial score (nSPS) is 10.9. The Hall–Kier alpha value is -2.08. The number of H-pyrrole nitrogens is 1. The molecule has 0 amide bonds. The maximum Gasteiger partial charge on any atom is 0.223 e. The van der Waals surface area contributed by atoms with Crippen LogP contribution in [0.1, 0.15) is 12.6 Å². The summed E-state index contributed by atoms with van der Waals surface area (Å²) < 4.78 is 6.86. The van der Waals surface area contributed by atoms with E-state index in [1.807, 2.05) is 16.9 Å². The fourth-order valence-electron chi connectivity index (χ4n) is 2.02. The van der Waals surface area contributed by atoms with Crippen LogP contribution in [-0.4, -0.2) is 39.9 Å². The third-order valence-corrected chi connectivity index (χ3v) is 3.20. The first-order chi connectivity index (χ1) is 9.72. The number of aromatic nitrogens is 3. The van der Waals surface area contributed by atoms with E-state index in [9.17, 15) is 4.79 Å². The Morgan fingerprint density at radius 1 is 1.50 bits per heavy atom. The van der Waals surface area contributed by atoms with Gasteiger partial charge in [0.05, 0.1) is 13.7 Å². The number of hydrogen-bond acceptors (Lipinski definition) is 4. The van der Waals surface area contributed by atoms with Gasteiger partial charge in [-0.3, -0.25) is 14.4 Å². The molecule has 0 atom stereocenters. The third-order valence-electron chi connectivity index (χ3n) is 3.20. The summed E-state index contributed by atoms with van der Waals surface area (Å²) in [6.45, 7) is 5.44. The zero-order chi connectivity index (χ0) is 14.4. The van der Waals surface area contributed by atoms with Crippen molar-refractivity contribution in [1.29, 1.82) is 0 Å². The van der Waals surface area contributed by atoms with E-state index in [4.69, 9.17) is 4.74 Å². The summed E-state index contributed by atoms with van der Waals surface area (Å²) >= 11 is 0. The van der Waals surface area contributed by atoms with Crippen molar-refractivity contribution >= 4 is 0 Å². The monoisotopic (exact) mass is 276 g/mol. The van der Waals surface area contributed by atoms with Crippen LogP contribution in [0.25, 0.3) is 0 Å². The highest BCUT2D eigenvalue weighted by atomic mass is 16.5. The summed E-state index contributed by atoms with van der Waals surface area (Å²) in [5, 5.41) is 4.18. The summed E-state index contributed by atoms with van der Waals surface area (Å²) in [4.78, 5) is 17.1. The minimum Gasteiger partial charge on any atom is -0.491 e. The minimum atomic E-state index is -0.0932. The van der Waals surface area contributed by atoms with Gasteiger partial charge in [0.25, 0.3) is 0 Å². The van der Waals surface area contributed by atoms with Crippen LogP contribution < -0.4 is 10.2 Å². The Bertz CT molecular complexity index is 577. The molecule has 0 bridgehead atoms. The maximum atomic E-state index is 11.7. The van der Waals surface area contributed by atoms with Crippen LogP contribution in [0, 0.1) is 0 Å². The van der Waals surface area contributed by atoms with Crippen molar-refractivity contribution in [3.63, 3.8) is 0 Å². The Kier molecular flexibility index (Phi) is 4.95. The van der Waals surface area contributed by atoms with Crippen LogP contribution in [-0.2, 0) is 13.1 Å². The lowest BCUT2D eigenvalue weighted by molar-refractivity contribution is 0.260. The zero-order valence-corrected chi connectivity index (χ0v) is 11.9. The summed E-state index contributed by atoms with van der Waals surface area (Å²) in [6.07, 6.45) is 5.33. The van der Waals surface area contributed by atoms with E-state index < -0.39 is 0 Å². The second-order valence-corrected chi connectivity index (χ2v) is 4.53. The van der Waals surface area contributed by atoms with Gasteiger partial charge in [-0.1, -0.05) is 6.92 Å². The van der Waals surface area contributed by atoms with Crippen molar-refractivity contribution in [2.75, 3.05) is 20.2 Å². The fraction of sp³-hybridized carbons (Fsp3) is 0.429. The van der Waals surface area contributed by atoms with Crippen molar-refractivity contribution in [3.8, 4) is 5.75 Å². The highest BCUT2D eigenvalue weighted by Crippen LogP contribution is 2.04. The molecule has 2 heterocycles. The molecular formula is C14H20N4O2. The Labute approximate surface area is 118 Å². The van der Waals surface area contributed by atoms with Gasteiger partial charge in [0.15, 0.2) is 5.75 Å². The molecule has 1 N–H and O–H groups in total. The molecule has 0 unspecified atom stereocenters. The van der Waals surface area contributed by atoms with Crippen LogP contribution in [0.5, 0.6) is 5.75 Å². The molecule has 0 radical (unpaired) electrons. The third kappa shape index (κ3) is 3.71. The largest absolute Gasteiger partial charge is 0.491 e. The molecular weight excluding hydrogens is 256 g/mol. The maximum absolute atomic E-state index is 11.7. The number of ether oxygens (including phenoxy) is 1. The van der Waals surface area contributed by atoms with Crippen LogP contribution in [0.2, 0.25) is 0 Å². The molecule has 2 aromatic heterocycles. The zero-order valence-electron chi connectivity index (χ0n) is 11.9. The predicted molar refractivity (Wildman–Crippen MR) is 76.8 cm³/mol. The first-order valence-electron chi connectivity index (χ1n) is 6.68. The number of aromatic amines is 1. The number of nitrogens with one attached hydrogen (secondary N) is 1. The number of pyridine rings is 1. The minimum absolute atomic E-state index is 0.0932. The number of likely N-dealkylation sites (N-methyl/N-ethyl adjacent to an activating group) is 1. The predicted octanol–water partition coefficient (Wildman–Crippen LogP) is 1.10. The average Bonchev–Trinajstić information content (AvgIpc) is 2.97. The van der Waals surface area contributed by atoms with Gasteiger partial charge in [-0.05, 0) is 12.6 Å². The Morgan fingerprint density at radius 2 is 2.35 bits per heavy atom. The van der Waals surface area contributed by atoms with Crippen molar-refractivity contribution in [1.82, 2.24) is 19.7 Å². The molecule has 20 heavy (non-hydrogen) atoms. The van der Waals surface area contributed by atoms with Crippen LogP contribution in [0.4, 0.5) is 0 Å². The van der Waals surface area contributed by atoms with E-state index in [2.05, 4.69) is 21.9 Å². The Morgan fingerprint density at radius 3 is 2.95 bits per heavy atom. The second kappa shape index (κ2) is 6.91. The van der Waals surface area contributed by atoms with Crippen molar-refractivity contribution in [2.24, 2.45) is 0 Å². The summed E-state index contributed by atoms with van der Waals surface area (Å²) in [5.74, 6) is 0.341. The molecule has 108 valence electrons. The lowest BCUT2D eigenvalue weighted by Gasteiger charge is -2.20. The first kappa shape index (κ1) is 14.3. The van der Waals surface area contributed by atoms with Crippen molar-refractivity contribution in [2.45, 2.75) is 20.0 Å². The molecule has 2 aromatic rings. The molecule has 0 spiro atoms. The lowest BCUT2D eigenvalue weighted by atomic mass is 10.3. The number of methoxy groups -OCH3 is 1. The molecule has 0 aliphatic carbocycles. The molecule has 0 fully saturated rings. The SMILES string of the molecule is CCN(CCn1cccn1)Cc1cc(=O)c(OC)c[nH]1. The van der Waals surface area contributed by atoms with Crippen LogP contribution >= 0.6 is 0 Å². The molecule has 6 heteroatoms. The number of hydrogen-bond donors (Lipinski definition) is 1. The van der Waals surface area contributed by atoms with Crippen LogP contribution in [0.3, 0.4) is 0 Å². The molecule has 2 rings (SSSR count). The van der Waals surface area contributed by atoms with E-state index in [1.165, 1.54) is 7.11 Å². The number of rotatable bonds is 7. The van der Waals surface area contributed by atoms with Crippen LogP contribution in [0.15, 0.2) is 35.5 Å². The van der Waals surface area contributed by atoms with Gasteiger partial charge in [0, 0.05) is 43.4 Å². The molecule has 6 nitrogen and oxygen atoms in total. The summed E-state index contributed by atoms with van der Waals surface area (Å²) in [6, 6.07) is 3.51. The van der Waals surface area contributed by atoms with E-state index in [-0.39, 0.29) is 5.43 Å². The van der Waals surface area contributed by atoms with Gasteiger partial charge in [-0.2, -0.15) is 5.10 Å². The average molecular weight is 276 g/mol. The Balaban J connectivity index is 1.95. The fourth-order valence-corrected chi connectivity index (χ4v) is 2.02. The van der Waals surface area contributed by atoms with Gasteiger partial charge >= 0.3 is 0 Å². The smallest absolute Gasteiger partial charge is 0.223 e. The van der Waals surface area contributed by atoms with Crippen molar-refractivity contribution in [3.05, 3.63) is 46.6 Å². The van der Waals surface area contributed by atoms with E-state index >= 15 is 0 Å². The second-order valence-electron chi connectivity index (χ2n) is 4.53. The van der Waals surface area contributed by atoms with Gasteiger partial charge in [-0.15, -0.1) is 0 Å². The summed E-state index contributed by atoms with van der Waals surface area (Å²) in [5.41, 5.74) is 0.794. The van der Waals surface area contributed by atoms with E-state index in [1.54, 1.807) is 18.5 Å². The molecule has 0 aromatic carbocycles. The first-order valence-corrected chi connectivity index (χ1v) is 6.68. The topological polar surface area (TPSA) is 63.1 Å². The summed E-state index contributed by atoms with van der Waals surface area (Å²) in [7, 11) is 1.49. The highest BCUT2D eigenvalue weighted by molar-refractivity contribution is 5.20. The van der Waals surface area contributed by atoms with Gasteiger partial charge < -0.3 is 9.72 Å². The van der Waals surface area contributed by atoms with Gasteiger partial charge in [-0.25, -0.2) is 0 Å². The van der Waals surface area contributed by atoms with Gasteiger partial charge in [0.1, 0.15) is 0 Å². The highest BCUT2D eigenvalue weighted by Gasteiger charge is 2.07. The number of nitrogens with zero attached hydrogens (tertiary/aromatic N) is 3. The van der Waals surface area contributed by atoms with E-state index in [0.29, 0.717) is 12.3 Å².